The van der Waals surface area contributed by atoms with Gasteiger partial charge in [-0.15, -0.1) is 6.42 Å². The van der Waals surface area contributed by atoms with Crippen molar-refractivity contribution in [3.05, 3.63) is 65.6 Å². The number of hydrogen-bond donors (Lipinski definition) is 1. The molecule has 1 saturated heterocycles. The van der Waals surface area contributed by atoms with Crippen LogP contribution < -0.4 is 10.2 Å². The van der Waals surface area contributed by atoms with Crippen LogP contribution in [0.1, 0.15) is 21.7 Å². The van der Waals surface area contributed by atoms with E-state index in [0.717, 1.165) is 31.7 Å². The van der Waals surface area contributed by atoms with Crippen molar-refractivity contribution >= 4 is 23.5 Å². The fourth-order valence-corrected chi connectivity index (χ4v) is 3.30. The predicted octanol–water partition coefficient (Wildman–Crippen LogP) is 2.17. The number of nitrogens with one attached hydrogen (secondary N) is 1. The molecular weight excluding hydrogens is 390 g/mol. The third kappa shape index (κ3) is 5.21. The Balaban J connectivity index is 1.52. The Morgan fingerprint density at radius 2 is 1.87 bits per heavy atom. The standard InChI is InChI=1S/C23H23N7O/c1-3-20-25-22(28-23(27-20)30-13-11-29(2)12-14-30)26-21-16-18(9-10-24-21)19(31)15-17-7-5-4-6-8-17/h1,4-10,16H,11-15H2,2H3,(H,24,25,26,27,28). The first kappa shape index (κ1) is 20.4. The van der Waals surface area contributed by atoms with Gasteiger partial charge in [0.2, 0.25) is 17.7 Å². The molecule has 31 heavy (non-hydrogen) atoms. The van der Waals surface area contributed by atoms with Crippen molar-refractivity contribution in [1.29, 1.82) is 0 Å². The molecule has 0 bridgehead atoms. The number of anilines is 3. The van der Waals surface area contributed by atoms with Crippen molar-refractivity contribution in [2.45, 2.75) is 6.42 Å². The summed E-state index contributed by atoms with van der Waals surface area (Å²) < 4.78 is 0. The SMILES string of the molecule is C#Cc1nc(Nc2cc(C(=O)Cc3ccccc3)ccn2)nc(N2CCN(C)CC2)n1. The lowest BCUT2D eigenvalue weighted by Crippen LogP contribution is -2.45. The molecule has 156 valence electrons. The lowest BCUT2D eigenvalue weighted by molar-refractivity contribution is 0.0993. The third-order valence-electron chi connectivity index (χ3n) is 5.07. The van der Waals surface area contributed by atoms with Crippen LogP contribution in [0.4, 0.5) is 17.7 Å². The number of Topliss-reactive ketones (excluding diaryl/α,β-unsaturated/α-hetero) is 1. The summed E-state index contributed by atoms with van der Waals surface area (Å²) in [5, 5.41) is 3.07. The van der Waals surface area contributed by atoms with Gasteiger partial charge in [-0.1, -0.05) is 30.3 Å². The molecule has 0 spiro atoms. The molecule has 8 heteroatoms. The zero-order valence-corrected chi connectivity index (χ0v) is 17.3. The summed E-state index contributed by atoms with van der Waals surface area (Å²) in [7, 11) is 2.09. The Morgan fingerprint density at radius 1 is 1.10 bits per heavy atom. The zero-order valence-electron chi connectivity index (χ0n) is 17.3. The van der Waals surface area contributed by atoms with Crippen LogP contribution in [0.25, 0.3) is 0 Å². The number of benzene rings is 1. The number of pyridine rings is 1. The molecule has 1 aliphatic rings. The maximum Gasteiger partial charge on any atom is 0.234 e. The van der Waals surface area contributed by atoms with Gasteiger partial charge >= 0.3 is 0 Å². The first-order valence-corrected chi connectivity index (χ1v) is 10.1. The fraction of sp³-hybridized carbons (Fsp3) is 0.261. The molecule has 0 aliphatic carbocycles. The first-order valence-electron chi connectivity index (χ1n) is 10.1. The number of piperazine rings is 1. The topological polar surface area (TPSA) is 87.1 Å². The van der Waals surface area contributed by atoms with Crippen molar-refractivity contribution in [3.8, 4) is 12.3 Å². The van der Waals surface area contributed by atoms with Crippen molar-refractivity contribution < 1.29 is 4.79 Å². The number of ketones is 1. The summed E-state index contributed by atoms with van der Waals surface area (Å²) in [5.41, 5.74) is 1.53. The van der Waals surface area contributed by atoms with E-state index >= 15 is 0 Å². The zero-order chi connectivity index (χ0) is 21.6. The van der Waals surface area contributed by atoms with E-state index in [9.17, 15) is 4.79 Å². The number of hydrogen-bond acceptors (Lipinski definition) is 8. The van der Waals surface area contributed by atoms with Gasteiger partial charge in [0.1, 0.15) is 5.82 Å². The Bertz CT molecular complexity index is 1100. The second-order valence-electron chi connectivity index (χ2n) is 7.36. The van der Waals surface area contributed by atoms with Gasteiger partial charge < -0.3 is 15.1 Å². The van der Waals surface area contributed by atoms with Crippen molar-refractivity contribution in [3.63, 3.8) is 0 Å². The predicted molar refractivity (Wildman–Crippen MR) is 119 cm³/mol. The number of carbonyl (C=O) groups is 1. The molecule has 3 heterocycles. The Labute approximate surface area is 181 Å². The lowest BCUT2D eigenvalue weighted by atomic mass is 10.0. The van der Waals surface area contributed by atoms with Gasteiger partial charge in [0.15, 0.2) is 5.78 Å². The molecule has 4 rings (SSSR count). The van der Waals surface area contributed by atoms with E-state index in [1.807, 2.05) is 30.3 Å². The minimum absolute atomic E-state index is 0.00901. The number of likely N-dealkylation sites (N-methyl/N-ethyl adjacent to an activating group) is 1. The first-order chi connectivity index (χ1) is 15.1. The van der Waals surface area contributed by atoms with E-state index in [0.29, 0.717) is 29.7 Å². The Kier molecular flexibility index (Phi) is 6.15. The maximum absolute atomic E-state index is 12.7. The molecule has 0 unspecified atom stereocenters. The molecule has 1 aliphatic heterocycles. The molecule has 0 radical (unpaired) electrons. The minimum atomic E-state index is 0.00901. The van der Waals surface area contributed by atoms with Crippen molar-refractivity contribution in [1.82, 2.24) is 24.8 Å². The highest BCUT2D eigenvalue weighted by Crippen LogP contribution is 2.17. The van der Waals surface area contributed by atoms with Crippen LogP contribution >= 0.6 is 0 Å². The molecule has 1 N–H and O–H groups in total. The monoisotopic (exact) mass is 413 g/mol. The number of nitrogens with zero attached hydrogens (tertiary/aromatic N) is 6. The van der Waals surface area contributed by atoms with Gasteiger partial charge in [-0.25, -0.2) is 4.98 Å². The summed E-state index contributed by atoms with van der Waals surface area (Å²) >= 11 is 0. The molecule has 8 nitrogen and oxygen atoms in total. The second-order valence-corrected chi connectivity index (χ2v) is 7.36. The van der Waals surface area contributed by atoms with Gasteiger partial charge in [-0.05, 0) is 30.7 Å². The molecule has 1 aromatic carbocycles. The van der Waals surface area contributed by atoms with Crippen LogP contribution in [-0.4, -0.2) is 63.8 Å². The van der Waals surface area contributed by atoms with Crippen LogP contribution in [0, 0.1) is 12.3 Å². The summed E-state index contributed by atoms with van der Waals surface area (Å²) in [6, 6.07) is 13.0. The number of rotatable bonds is 6. The molecule has 2 aromatic heterocycles. The summed E-state index contributed by atoms with van der Waals surface area (Å²) in [6.07, 6.45) is 7.46. The quantitative estimate of drug-likeness (QED) is 0.486. The Hall–Kier alpha value is -3.83. The smallest absolute Gasteiger partial charge is 0.234 e. The molecule has 0 amide bonds. The number of terminal acetylenes is 1. The van der Waals surface area contributed by atoms with Gasteiger partial charge in [0, 0.05) is 44.4 Å². The lowest BCUT2D eigenvalue weighted by Gasteiger charge is -2.32. The van der Waals surface area contributed by atoms with Crippen molar-refractivity contribution in [2.75, 3.05) is 43.4 Å². The van der Waals surface area contributed by atoms with Gasteiger partial charge in [0.05, 0.1) is 0 Å². The van der Waals surface area contributed by atoms with E-state index in [-0.39, 0.29) is 11.6 Å². The van der Waals surface area contributed by atoms with Gasteiger partial charge in [-0.3, -0.25) is 4.79 Å². The normalized spacial score (nSPS) is 14.1. The molecule has 0 saturated carbocycles. The van der Waals surface area contributed by atoms with Gasteiger partial charge in [0.25, 0.3) is 0 Å². The Morgan fingerprint density at radius 3 is 2.61 bits per heavy atom. The van der Waals surface area contributed by atoms with E-state index in [4.69, 9.17) is 6.42 Å². The summed E-state index contributed by atoms with van der Waals surface area (Å²) in [5.74, 6) is 4.06. The minimum Gasteiger partial charge on any atom is -0.338 e. The largest absolute Gasteiger partial charge is 0.338 e. The molecule has 1 fully saturated rings. The van der Waals surface area contributed by atoms with E-state index in [2.05, 4.69) is 48.0 Å². The summed E-state index contributed by atoms with van der Waals surface area (Å²) in [4.78, 5) is 34.5. The highest BCUT2D eigenvalue weighted by Gasteiger charge is 2.18. The highest BCUT2D eigenvalue weighted by molar-refractivity contribution is 5.98. The van der Waals surface area contributed by atoms with E-state index in [1.165, 1.54) is 0 Å². The third-order valence-corrected chi connectivity index (χ3v) is 5.07. The van der Waals surface area contributed by atoms with Crippen molar-refractivity contribution in [2.24, 2.45) is 0 Å². The number of aromatic nitrogens is 4. The highest BCUT2D eigenvalue weighted by atomic mass is 16.1. The van der Waals surface area contributed by atoms with Crippen LogP contribution in [0.3, 0.4) is 0 Å². The van der Waals surface area contributed by atoms with E-state index < -0.39 is 0 Å². The van der Waals surface area contributed by atoms with Gasteiger partial charge in [-0.2, -0.15) is 15.0 Å². The van der Waals surface area contributed by atoms with Crippen LogP contribution in [0.2, 0.25) is 0 Å². The molecular formula is C23H23N7O. The molecule has 0 atom stereocenters. The maximum atomic E-state index is 12.7. The van der Waals surface area contributed by atoms with Crippen LogP contribution in [-0.2, 0) is 6.42 Å². The fourth-order valence-electron chi connectivity index (χ4n) is 3.30. The molecule has 3 aromatic rings. The second kappa shape index (κ2) is 9.32. The van der Waals surface area contributed by atoms with Crippen LogP contribution in [0.15, 0.2) is 48.7 Å². The van der Waals surface area contributed by atoms with Crippen LogP contribution in [0.5, 0.6) is 0 Å². The number of carbonyl (C=O) groups excluding carboxylic acids is 1. The summed E-state index contributed by atoms with van der Waals surface area (Å²) in [6.45, 7) is 3.47. The van der Waals surface area contributed by atoms with E-state index in [1.54, 1.807) is 18.3 Å². The average Bonchev–Trinajstić information content (AvgIpc) is 2.80. The average molecular weight is 413 g/mol.